The van der Waals surface area contributed by atoms with E-state index in [0.717, 1.165) is 16.8 Å². The molecule has 1 heterocycles. The van der Waals surface area contributed by atoms with Crippen LogP contribution in [-0.2, 0) is 0 Å². The van der Waals surface area contributed by atoms with Crippen molar-refractivity contribution in [3.63, 3.8) is 0 Å². The number of halogens is 1. The van der Waals surface area contributed by atoms with Crippen LogP contribution in [0.3, 0.4) is 0 Å². The van der Waals surface area contributed by atoms with E-state index in [1.54, 1.807) is 18.2 Å². The monoisotopic (exact) mass is 293 g/mol. The molecule has 1 saturated heterocycles. The summed E-state index contributed by atoms with van der Waals surface area (Å²) in [5, 5.41) is 9.33. The number of benzene rings is 2. The maximum absolute atomic E-state index is 13.5. The van der Waals surface area contributed by atoms with Gasteiger partial charge < -0.3 is 10.0 Å². The standard InChI is InChI=1S/C19H16FNO/c1-14(21-12-18(22)13-21)16-9-6-15(7-10-16)8-11-17-4-2-3-5-19(17)20/h2-7,9-10,18,22H,1,12-13H2. The molecule has 0 atom stereocenters. The minimum atomic E-state index is -0.309. The van der Waals surface area contributed by atoms with Crippen molar-refractivity contribution in [1.29, 1.82) is 0 Å². The summed E-state index contributed by atoms with van der Waals surface area (Å²) in [4.78, 5) is 2.03. The van der Waals surface area contributed by atoms with Gasteiger partial charge in [-0.15, -0.1) is 0 Å². The van der Waals surface area contributed by atoms with Gasteiger partial charge >= 0.3 is 0 Å². The highest BCUT2D eigenvalue weighted by molar-refractivity contribution is 5.63. The second kappa shape index (κ2) is 6.05. The molecular weight excluding hydrogens is 277 g/mol. The first-order valence-corrected chi connectivity index (χ1v) is 7.12. The summed E-state index contributed by atoms with van der Waals surface area (Å²) < 4.78 is 13.5. The average Bonchev–Trinajstić information content (AvgIpc) is 2.51. The van der Waals surface area contributed by atoms with E-state index in [-0.39, 0.29) is 11.9 Å². The SMILES string of the molecule is C=C(c1ccc(C#Cc2ccccc2F)cc1)N1CC(O)C1. The number of rotatable bonds is 2. The van der Waals surface area contributed by atoms with Gasteiger partial charge in [0.1, 0.15) is 5.82 Å². The summed E-state index contributed by atoms with van der Waals surface area (Å²) in [6.45, 7) is 5.31. The van der Waals surface area contributed by atoms with Crippen LogP contribution in [0.5, 0.6) is 0 Å². The highest BCUT2D eigenvalue weighted by Crippen LogP contribution is 2.23. The summed E-state index contributed by atoms with van der Waals surface area (Å²) in [6, 6.07) is 14.1. The van der Waals surface area contributed by atoms with Gasteiger partial charge in [0.25, 0.3) is 0 Å². The first-order valence-electron chi connectivity index (χ1n) is 7.12. The first-order chi connectivity index (χ1) is 10.6. The van der Waals surface area contributed by atoms with E-state index in [1.165, 1.54) is 6.07 Å². The summed E-state index contributed by atoms with van der Waals surface area (Å²) in [7, 11) is 0. The average molecular weight is 293 g/mol. The van der Waals surface area contributed by atoms with Gasteiger partial charge in [-0.25, -0.2) is 4.39 Å². The van der Waals surface area contributed by atoms with Crippen LogP contribution in [0.25, 0.3) is 5.70 Å². The number of hydrogen-bond acceptors (Lipinski definition) is 2. The van der Waals surface area contributed by atoms with Crippen molar-refractivity contribution in [3.8, 4) is 11.8 Å². The maximum atomic E-state index is 13.5. The Hall–Kier alpha value is -2.57. The minimum Gasteiger partial charge on any atom is -0.389 e. The topological polar surface area (TPSA) is 23.5 Å². The number of aliphatic hydroxyl groups is 1. The van der Waals surface area contributed by atoms with E-state index in [9.17, 15) is 9.50 Å². The summed E-state index contributed by atoms with van der Waals surface area (Å²) >= 11 is 0. The van der Waals surface area contributed by atoms with Gasteiger partial charge in [-0.2, -0.15) is 0 Å². The van der Waals surface area contributed by atoms with Crippen LogP contribution >= 0.6 is 0 Å². The molecule has 110 valence electrons. The lowest BCUT2D eigenvalue weighted by Crippen LogP contribution is -2.48. The third-order valence-corrected chi connectivity index (χ3v) is 3.68. The third-order valence-electron chi connectivity index (χ3n) is 3.68. The highest BCUT2D eigenvalue weighted by Gasteiger charge is 2.25. The Labute approximate surface area is 129 Å². The van der Waals surface area contributed by atoms with E-state index in [1.807, 2.05) is 29.2 Å². The quantitative estimate of drug-likeness (QED) is 0.861. The van der Waals surface area contributed by atoms with Crippen LogP contribution in [0.2, 0.25) is 0 Å². The van der Waals surface area contributed by atoms with Crippen molar-refractivity contribution in [3.05, 3.63) is 77.6 Å². The smallest absolute Gasteiger partial charge is 0.138 e. The van der Waals surface area contributed by atoms with Crippen LogP contribution in [-0.4, -0.2) is 29.2 Å². The summed E-state index contributed by atoms with van der Waals surface area (Å²) in [5.41, 5.74) is 3.12. The van der Waals surface area contributed by atoms with Gasteiger partial charge in [0.15, 0.2) is 0 Å². The fourth-order valence-corrected chi connectivity index (χ4v) is 2.31. The predicted octanol–water partition coefficient (Wildman–Crippen LogP) is 2.87. The van der Waals surface area contributed by atoms with E-state index >= 15 is 0 Å². The second-order valence-corrected chi connectivity index (χ2v) is 5.31. The number of β-amino-alcohol motifs (C(OH)–C–C–N with tert-alkyl or cyclic N) is 1. The molecule has 2 aromatic rings. The van der Waals surface area contributed by atoms with Crippen molar-refractivity contribution in [2.45, 2.75) is 6.10 Å². The minimum absolute atomic E-state index is 0.248. The van der Waals surface area contributed by atoms with E-state index < -0.39 is 0 Å². The van der Waals surface area contributed by atoms with Crippen molar-refractivity contribution in [1.82, 2.24) is 4.90 Å². The number of aliphatic hydroxyl groups excluding tert-OH is 1. The van der Waals surface area contributed by atoms with Gasteiger partial charge in [0.2, 0.25) is 0 Å². The molecule has 1 N–H and O–H groups in total. The van der Waals surface area contributed by atoms with Crippen LogP contribution < -0.4 is 0 Å². The van der Waals surface area contributed by atoms with E-state index in [2.05, 4.69) is 18.4 Å². The van der Waals surface area contributed by atoms with Crippen molar-refractivity contribution in [2.75, 3.05) is 13.1 Å². The molecule has 1 aliphatic rings. The number of nitrogens with zero attached hydrogens (tertiary/aromatic N) is 1. The third kappa shape index (κ3) is 3.03. The molecule has 0 bridgehead atoms. The first kappa shape index (κ1) is 14.4. The van der Waals surface area contributed by atoms with E-state index in [0.29, 0.717) is 18.7 Å². The molecule has 3 rings (SSSR count). The Kier molecular flexibility index (Phi) is 3.95. The molecule has 2 aromatic carbocycles. The lowest BCUT2D eigenvalue weighted by Gasteiger charge is -2.39. The second-order valence-electron chi connectivity index (χ2n) is 5.31. The molecule has 22 heavy (non-hydrogen) atoms. The molecule has 0 saturated carbocycles. The van der Waals surface area contributed by atoms with Crippen molar-refractivity contribution >= 4 is 5.70 Å². The van der Waals surface area contributed by atoms with Crippen LogP contribution in [0.1, 0.15) is 16.7 Å². The Morgan fingerprint density at radius 1 is 1.09 bits per heavy atom. The fourth-order valence-electron chi connectivity index (χ4n) is 2.31. The molecule has 0 unspecified atom stereocenters. The lowest BCUT2D eigenvalue weighted by molar-refractivity contribution is 0.0404. The molecule has 1 aliphatic heterocycles. The molecule has 3 heteroatoms. The largest absolute Gasteiger partial charge is 0.389 e. The van der Waals surface area contributed by atoms with Crippen molar-refractivity contribution < 1.29 is 9.50 Å². The Morgan fingerprint density at radius 3 is 2.41 bits per heavy atom. The molecule has 0 amide bonds. The Morgan fingerprint density at radius 2 is 1.77 bits per heavy atom. The zero-order valence-corrected chi connectivity index (χ0v) is 12.1. The maximum Gasteiger partial charge on any atom is 0.138 e. The van der Waals surface area contributed by atoms with Crippen molar-refractivity contribution in [2.24, 2.45) is 0 Å². The summed E-state index contributed by atoms with van der Waals surface area (Å²) in [5.74, 6) is 5.49. The fraction of sp³-hybridized carbons (Fsp3) is 0.158. The van der Waals surface area contributed by atoms with Gasteiger partial charge in [-0.1, -0.05) is 42.7 Å². The molecule has 0 aliphatic carbocycles. The lowest BCUT2D eigenvalue weighted by atomic mass is 10.0. The normalized spacial score (nSPS) is 14.0. The van der Waals surface area contributed by atoms with Crippen LogP contribution in [0.15, 0.2) is 55.1 Å². The van der Waals surface area contributed by atoms with Gasteiger partial charge in [0, 0.05) is 24.4 Å². The van der Waals surface area contributed by atoms with Gasteiger partial charge in [-0.05, 0) is 29.8 Å². The predicted molar refractivity (Wildman–Crippen MR) is 85.4 cm³/mol. The van der Waals surface area contributed by atoms with Gasteiger partial charge in [0.05, 0.1) is 11.7 Å². The Balaban J connectivity index is 1.73. The van der Waals surface area contributed by atoms with Crippen LogP contribution in [0.4, 0.5) is 4.39 Å². The highest BCUT2D eigenvalue weighted by atomic mass is 19.1. The van der Waals surface area contributed by atoms with E-state index in [4.69, 9.17) is 0 Å². The summed E-state index contributed by atoms with van der Waals surface area (Å²) in [6.07, 6.45) is -0.248. The molecule has 0 radical (unpaired) electrons. The zero-order valence-electron chi connectivity index (χ0n) is 12.1. The zero-order chi connectivity index (χ0) is 15.5. The number of hydrogen-bond donors (Lipinski definition) is 1. The van der Waals surface area contributed by atoms with Crippen LogP contribution in [0, 0.1) is 17.7 Å². The number of likely N-dealkylation sites (tertiary alicyclic amines) is 1. The molecule has 0 aromatic heterocycles. The molecule has 1 fully saturated rings. The molecule has 0 spiro atoms. The molecular formula is C19H16FNO. The van der Waals surface area contributed by atoms with Gasteiger partial charge in [-0.3, -0.25) is 0 Å². The Bertz CT molecular complexity index is 749. The molecule has 2 nitrogen and oxygen atoms in total.